The fourth-order valence-corrected chi connectivity index (χ4v) is 9.97. The fourth-order valence-electron chi connectivity index (χ4n) is 9.97. The van der Waals surface area contributed by atoms with E-state index in [9.17, 15) is 0 Å². The number of benzene rings is 10. The second-order valence-corrected chi connectivity index (χ2v) is 15.1. The summed E-state index contributed by atoms with van der Waals surface area (Å²) < 4.78 is 6.51. The van der Waals surface area contributed by atoms with Gasteiger partial charge >= 0.3 is 0 Å². The van der Waals surface area contributed by atoms with Gasteiger partial charge in [-0.1, -0.05) is 182 Å². The molecule has 1 heterocycles. The molecule has 12 rings (SSSR count). The zero-order chi connectivity index (χ0) is 36.8. The van der Waals surface area contributed by atoms with Crippen LogP contribution < -0.4 is 4.74 Å². The lowest BCUT2D eigenvalue weighted by atomic mass is 9.67. The van der Waals surface area contributed by atoms with Gasteiger partial charge in [-0.05, 0) is 112 Å². The van der Waals surface area contributed by atoms with Crippen LogP contribution in [0.2, 0.25) is 0 Å². The van der Waals surface area contributed by atoms with Gasteiger partial charge in [-0.25, -0.2) is 0 Å². The van der Waals surface area contributed by atoms with Crippen LogP contribution in [0.4, 0.5) is 0 Å². The second kappa shape index (κ2) is 11.9. The number of rotatable bonds is 4. The molecule has 0 radical (unpaired) electrons. The summed E-state index contributed by atoms with van der Waals surface area (Å²) in [6.45, 7) is 0. The highest BCUT2D eigenvalue weighted by atomic mass is 16.5. The van der Waals surface area contributed by atoms with Gasteiger partial charge in [0, 0.05) is 10.9 Å². The number of fused-ring (bicyclic) bond motifs is 8. The number of hydrogen-bond acceptors (Lipinski definition) is 1. The molecule has 1 heteroatoms. The van der Waals surface area contributed by atoms with E-state index in [1.165, 1.54) is 93.5 Å². The molecule has 0 aromatic heterocycles. The molecule has 0 N–H and O–H groups in total. The lowest BCUT2D eigenvalue weighted by Gasteiger charge is -2.34. The van der Waals surface area contributed by atoms with E-state index in [2.05, 4.69) is 206 Å². The van der Waals surface area contributed by atoms with Crippen molar-refractivity contribution in [2.24, 2.45) is 0 Å². The Hall–Kier alpha value is -7.22. The normalized spacial score (nSPS) is 13.3. The summed E-state index contributed by atoms with van der Waals surface area (Å²) in [7, 11) is 0. The van der Waals surface area contributed by atoms with Crippen LogP contribution >= 0.6 is 0 Å². The van der Waals surface area contributed by atoms with E-state index in [1.807, 2.05) is 0 Å². The summed E-state index contributed by atoms with van der Waals surface area (Å²) in [4.78, 5) is 0. The van der Waals surface area contributed by atoms with Crippen LogP contribution in [-0.2, 0) is 5.41 Å². The van der Waals surface area contributed by atoms with Crippen molar-refractivity contribution in [3.63, 3.8) is 0 Å². The maximum absolute atomic E-state index is 6.51. The van der Waals surface area contributed by atoms with Crippen LogP contribution in [0.25, 0.3) is 76.8 Å². The molecule has 1 aliphatic heterocycles. The number of ether oxygens (including phenoxy) is 1. The Morgan fingerprint density at radius 1 is 0.321 bits per heavy atom. The van der Waals surface area contributed by atoms with Crippen LogP contribution in [0.1, 0.15) is 22.3 Å². The lowest BCUT2D eigenvalue weighted by Crippen LogP contribution is -2.28. The van der Waals surface area contributed by atoms with E-state index in [0.717, 1.165) is 17.1 Å². The molecule has 0 unspecified atom stereocenters. The highest BCUT2D eigenvalue weighted by Gasteiger charge is 2.46. The molecule has 10 aromatic rings. The van der Waals surface area contributed by atoms with Gasteiger partial charge in [0.05, 0.1) is 5.41 Å². The predicted octanol–water partition coefficient (Wildman–Crippen LogP) is 14.6. The Balaban J connectivity index is 1.14. The Morgan fingerprint density at radius 3 is 1.68 bits per heavy atom. The monoisotopic (exact) mass is 710 g/mol. The first kappa shape index (κ1) is 31.2. The molecule has 0 bridgehead atoms. The molecule has 0 fully saturated rings. The van der Waals surface area contributed by atoms with Crippen molar-refractivity contribution in [3.8, 4) is 56.0 Å². The zero-order valence-electron chi connectivity index (χ0n) is 30.5. The molecule has 0 saturated heterocycles. The van der Waals surface area contributed by atoms with Gasteiger partial charge < -0.3 is 4.74 Å². The van der Waals surface area contributed by atoms with Gasteiger partial charge in [0.1, 0.15) is 11.5 Å². The van der Waals surface area contributed by atoms with Crippen molar-refractivity contribution in [3.05, 3.63) is 229 Å². The second-order valence-electron chi connectivity index (χ2n) is 15.1. The van der Waals surface area contributed by atoms with Gasteiger partial charge in [0.15, 0.2) is 0 Å². The molecular formula is C55H34O. The van der Waals surface area contributed by atoms with Crippen molar-refractivity contribution >= 4 is 32.3 Å². The highest BCUT2D eigenvalue weighted by Crippen LogP contribution is 2.59. The highest BCUT2D eigenvalue weighted by molar-refractivity contribution is 6.12. The third-order valence-electron chi connectivity index (χ3n) is 12.3. The van der Waals surface area contributed by atoms with Crippen molar-refractivity contribution in [1.82, 2.24) is 0 Å². The number of hydrogen-bond donors (Lipinski definition) is 0. The summed E-state index contributed by atoms with van der Waals surface area (Å²) in [5, 5.41) is 7.41. The Bertz CT molecular complexity index is 3160. The van der Waals surface area contributed by atoms with Crippen molar-refractivity contribution < 1.29 is 4.74 Å². The first-order valence-corrected chi connectivity index (χ1v) is 19.4. The molecule has 0 amide bonds. The van der Waals surface area contributed by atoms with Gasteiger partial charge in [-0.15, -0.1) is 0 Å². The molecular weight excluding hydrogens is 677 g/mol. The minimum Gasteiger partial charge on any atom is -0.456 e. The van der Waals surface area contributed by atoms with Crippen molar-refractivity contribution in [2.45, 2.75) is 5.41 Å². The topological polar surface area (TPSA) is 9.23 Å². The smallest absolute Gasteiger partial charge is 0.135 e. The Labute approximate surface area is 325 Å². The Kier molecular flexibility index (Phi) is 6.62. The van der Waals surface area contributed by atoms with E-state index in [0.29, 0.717) is 0 Å². The van der Waals surface area contributed by atoms with Crippen LogP contribution in [-0.4, -0.2) is 0 Å². The van der Waals surface area contributed by atoms with Crippen LogP contribution in [0.3, 0.4) is 0 Å². The molecule has 0 atom stereocenters. The third kappa shape index (κ3) is 4.31. The summed E-state index contributed by atoms with van der Waals surface area (Å²) in [6.07, 6.45) is 0. The SMILES string of the molecule is c1ccc(C2(c3ccccc3)c3ccc(-c4ccc5c(c4)-c4cccc6cccc(c46)O5)cc3-c3c2ccc2c(-c4cccc5ccccc45)cccc32)cc1. The predicted molar refractivity (Wildman–Crippen MR) is 233 cm³/mol. The average molecular weight is 711 g/mol. The minimum atomic E-state index is -0.502. The molecule has 10 aromatic carbocycles. The average Bonchev–Trinajstić information content (AvgIpc) is 3.57. The molecule has 0 saturated carbocycles. The van der Waals surface area contributed by atoms with E-state index in [1.54, 1.807) is 0 Å². The first-order chi connectivity index (χ1) is 27.8. The third-order valence-corrected chi connectivity index (χ3v) is 12.3. The lowest BCUT2D eigenvalue weighted by molar-refractivity contribution is 0.487. The van der Waals surface area contributed by atoms with Crippen LogP contribution in [0.5, 0.6) is 11.5 Å². The van der Waals surface area contributed by atoms with Gasteiger partial charge in [0.2, 0.25) is 0 Å². The van der Waals surface area contributed by atoms with E-state index in [-0.39, 0.29) is 0 Å². The van der Waals surface area contributed by atoms with E-state index < -0.39 is 5.41 Å². The van der Waals surface area contributed by atoms with Gasteiger partial charge in [-0.3, -0.25) is 0 Å². The van der Waals surface area contributed by atoms with E-state index >= 15 is 0 Å². The standard InChI is InChI=1S/C55H34O/c1-3-17-39(18-4-1)55(40-19-5-2-6-20-40)49-30-27-37(38-28-32-51-47(33-38)46-24-10-15-36-16-11-26-52(56-51)53(36)46)34-48(49)54-45-25-12-23-43(44(45)29-31-50(54)55)42-22-9-14-35-13-7-8-21-41(35)42/h1-34H. The summed E-state index contributed by atoms with van der Waals surface area (Å²) in [6, 6.07) is 75.9. The molecule has 2 aliphatic rings. The van der Waals surface area contributed by atoms with Crippen molar-refractivity contribution in [1.29, 1.82) is 0 Å². The van der Waals surface area contributed by atoms with Crippen LogP contribution in [0, 0.1) is 0 Å². The molecule has 56 heavy (non-hydrogen) atoms. The Morgan fingerprint density at radius 2 is 0.893 bits per heavy atom. The van der Waals surface area contributed by atoms with Crippen LogP contribution in [0.15, 0.2) is 206 Å². The van der Waals surface area contributed by atoms with E-state index in [4.69, 9.17) is 4.74 Å². The summed E-state index contributed by atoms with van der Waals surface area (Å²) in [5.74, 6) is 1.81. The minimum absolute atomic E-state index is 0.502. The fraction of sp³-hybridized carbons (Fsp3) is 0.0182. The van der Waals surface area contributed by atoms with Gasteiger partial charge in [0.25, 0.3) is 0 Å². The maximum atomic E-state index is 6.51. The molecule has 0 spiro atoms. The summed E-state index contributed by atoms with van der Waals surface area (Å²) in [5.41, 5.74) is 14.4. The quantitative estimate of drug-likeness (QED) is 0.177. The summed E-state index contributed by atoms with van der Waals surface area (Å²) >= 11 is 0. The van der Waals surface area contributed by atoms with Crippen molar-refractivity contribution in [2.75, 3.05) is 0 Å². The first-order valence-electron chi connectivity index (χ1n) is 19.4. The maximum Gasteiger partial charge on any atom is 0.135 e. The zero-order valence-corrected chi connectivity index (χ0v) is 30.5. The molecule has 1 nitrogen and oxygen atoms in total. The molecule has 1 aliphatic carbocycles. The van der Waals surface area contributed by atoms with Gasteiger partial charge in [-0.2, -0.15) is 0 Å². The largest absolute Gasteiger partial charge is 0.456 e. The molecule has 260 valence electrons.